The van der Waals surface area contributed by atoms with Crippen molar-refractivity contribution in [3.8, 4) is 0 Å². The summed E-state index contributed by atoms with van der Waals surface area (Å²) in [5.74, 6) is -2.77. The van der Waals surface area contributed by atoms with E-state index in [0.29, 0.717) is 5.57 Å². The molecule has 31 heavy (non-hydrogen) atoms. The number of aliphatic hydroxyl groups is 5. The van der Waals surface area contributed by atoms with Gasteiger partial charge in [0.2, 0.25) is 0 Å². The quantitative estimate of drug-likeness (QED) is 0.261. The number of fused-ring (bicyclic) bond motifs is 5. The van der Waals surface area contributed by atoms with E-state index in [1.165, 1.54) is 6.92 Å². The van der Waals surface area contributed by atoms with Crippen molar-refractivity contribution >= 4 is 11.8 Å². The van der Waals surface area contributed by atoms with Gasteiger partial charge in [-0.2, -0.15) is 0 Å². The van der Waals surface area contributed by atoms with E-state index in [9.17, 15) is 35.1 Å². The summed E-state index contributed by atoms with van der Waals surface area (Å²) in [7, 11) is 0. The Morgan fingerprint density at radius 3 is 2.29 bits per heavy atom. The van der Waals surface area contributed by atoms with Gasteiger partial charge in [-0.05, 0) is 25.0 Å². The third kappa shape index (κ3) is 2.59. The molecule has 1 saturated heterocycles. The molecular weight excluding hydrogens is 408 g/mol. The number of carbonyl (C=O) groups excluding carboxylic acids is 2. The first-order chi connectivity index (χ1) is 14.1. The van der Waals surface area contributed by atoms with Crippen LogP contribution in [0.5, 0.6) is 0 Å². The first-order valence-corrected chi connectivity index (χ1v) is 10.7. The summed E-state index contributed by atoms with van der Waals surface area (Å²) in [4.78, 5) is 25.9. The molecule has 3 fully saturated rings. The van der Waals surface area contributed by atoms with E-state index in [-0.39, 0.29) is 25.0 Å². The average Bonchev–Trinajstić information content (AvgIpc) is 2.66. The lowest BCUT2D eigenvalue weighted by atomic mass is 9.45. The molecule has 3 aliphatic carbocycles. The Morgan fingerprint density at radius 1 is 1.16 bits per heavy atom. The monoisotopic (exact) mass is 440 g/mol. The van der Waals surface area contributed by atoms with Crippen molar-refractivity contribution in [1.82, 2.24) is 0 Å². The number of Topliss-reactive ketones (excluding diaryl/α,β-unsaturated/α-hetero) is 1. The fourth-order valence-electron chi connectivity index (χ4n) is 6.69. The van der Waals surface area contributed by atoms with E-state index in [1.807, 2.05) is 0 Å². The molecule has 4 rings (SSSR count). The molecular formula is C22H32O9. The zero-order valence-corrected chi connectivity index (χ0v) is 18.5. The second-order valence-electron chi connectivity index (χ2n) is 10.5. The highest BCUT2D eigenvalue weighted by atomic mass is 16.6. The molecule has 0 amide bonds. The van der Waals surface area contributed by atoms with E-state index in [0.717, 1.165) is 6.92 Å². The van der Waals surface area contributed by atoms with Gasteiger partial charge in [0.25, 0.3) is 0 Å². The van der Waals surface area contributed by atoms with Crippen molar-refractivity contribution in [2.75, 3.05) is 6.61 Å². The molecule has 174 valence electrons. The molecule has 9 heteroatoms. The molecule has 1 heterocycles. The maximum absolute atomic E-state index is 13.8. The molecule has 1 aliphatic heterocycles. The molecule has 2 saturated carbocycles. The van der Waals surface area contributed by atoms with Crippen LogP contribution in [0.1, 0.15) is 47.5 Å². The number of ether oxygens (including phenoxy) is 2. The third-order valence-electron chi connectivity index (χ3n) is 8.69. The number of aliphatic hydroxyl groups excluding tert-OH is 3. The number of hydrogen-bond donors (Lipinski definition) is 5. The van der Waals surface area contributed by atoms with E-state index < -0.39 is 70.2 Å². The van der Waals surface area contributed by atoms with Gasteiger partial charge in [-0.15, -0.1) is 0 Å². The molecule has 4 aliphatic rings. The van der Waals surface area contributed by atoms with E-state index in [2.05, 4.69) is 0 Å². The van der Waals surface area contributed by atoms with Gasteiger partial charge in [-0.3, -0.25) is 9.59 Å². The van der Waals surface area contributed by atoms with Crippen LogP contribution >= 0.6 is 0 Å². The minimum Gasteiger partial charge on any atom is -0.459 e. The zero-order chi connectivity index (χ0) is 23.3. The molecule has 2 bridgehead atoms. The van der Waals surface area contributed by atoms with Crippen molar-refractivity contribution in [2.24, 2.45) is 16.7 Å². The van der Waals surface area contributed by atoms with Gasteiger partial charge in [-0.25, -0.2) is 0 Å². The maximum Gasteiger partial charge on any atom is 0.303 e. The Kier molecular flexibility index (Phi) is 4.85. The molecule has 0 spiro atoms. The van der Waals surface area contributed by atoms with Crippen LogP contribution in [-0.4, -0.2) is 85.6 Å². The van der Waals surface area contributed by atoms with Gasteiger partial charge in [0.05, 0.1) is 30.3 Å². The number of hydrogen-bond acceptors (Lipinski definition) is 9. The molecule has 5 N–H and O–H groups in total. The number of carbonyl (C=O) groups is 2. The summed E-state index contributed by atoms with van der Waals surface area (Å²) in [6, 6.07) is 0. The summed E-state index contributed by atoms with van der Waals surface area (Å²) in [6.07, 6.45) is -6.80. The lowest BCUT2D eigenvalue weighted by molar-refractivity contribution is -0.345. The predicted molar refractivity (Wildman–Crippen MR) is 106 cm³/mol. The number of ketones is 1. The zero-order valence-electron chi connectivity index (χ0n) is 18.5. The highest BCUT2D eigenvalue weighted by Crippen LogP contribution is 2.62. The normalized spacial score (nSPS) is 51.1. The van der Waals surface area contributed by atoms with Crippen molar-refractivity contribution in [3.05, 3.63) is 11.1 Å². The van der Waals surface area contributed by atoms with Crippen LogP contribution in [0.25, 0.3) is 0 Å². The van der Waals surface area contributed by atoms with Gasteiger partial charge < -0.3 is 35.0 Å². The van der Waals surface area contributed by atoms with Crippen molar-refractivity contribution in [3.63, 3.8) is 0 Å². The van der Waals surface area contributed by atoms with E-state index in [4.69, 9.17) is 9.47 Å². The molecule has 0 aromatic heterocycles. The molecule has 0 aromatic carbocycles. The van der Waals surface area contributed by atoms with Gasteiger partial charge in [0.15, 0.2) is 5.78 Å². The van der Waals surface area contributed by atoms with Crippen LogP contribution in [0.3, 0.4) is 0 Å². The van der Waals surface area contributed by atoms with Crippen LogP contribution in [0.4, 0.5) is 0 Å². The maximum atomic E-state index is 13.8. The fourth-order valence-corrected chi connectivity index (χ4v) is 6.69. The highest BCUT2D eigenvalue weighted by Gasteiger charge is 2.76. The van der Waals surface area contributed by atoms with Crippen LogP contribution in [0, 0.1) is 16.7 Å². The van der Waals surface area contributed by atoms with Crippen LogP contribution in [0.15, 0.2) is 11.1 Å². The molecule has 2 unspecified atom stereocenters. The van der Waals surface area contributed by atoms with Gasteiger partial charge in [0.1, 0.15) is 23.4 Å². The summed E-state index contributed by atoms with van der Waals surface area (Å²) in [6.45, 7) is 7.23. The van der Waals surface area contributed by atoms with Crippen molar-refractivity contribution in [1.29, 1.82) is 0 Å². The average molecular weight is 440 g/mol. The topological polar surface area (TPSA) is 154 Å². The summed E-state index contributed by atoms with van der Waals surface area (Å²) < 4.78 is 11.1. The van der Waals surface area contributed by atoms with Gasteiger partial charge in [-0.1, -0.05) is 13.8 Å². The summed E-state index contributed by atoms with van der Waals surface area (Å²) in [5, 5.41) is 56.7. The van der Waals surface area contributed by atoms with Gasteiger partial charge >= 0.3 is 5.97 Å². The lowest BCUT2D eigenvalue weighted by Gasteiger charge is -2.66. The standard InChI is InChI=1S/C22H32O9/c1-9-11(24)7-22(29)18(31-10(2)23)16-20(5,12(25)6-13-21(16,28)8-30-13)17(27)15(26)14(9)19(22,3)4/h11-13,15-16,18,24-26,28-29H,6-8H2,1-5H3/t11-,12-,13+,15+,16?,18?,20+,21-,22+/m0/s1. The molecule has 0 radical (unpaired) electrons. The van der Waals surface area contributed by atoms with Crippen LogP contribution < -0.4 is 0 Å². The van der Waals surface area contributed by atoms with E-state index in [1.54, 1.807) is 20.8 Å². The largest absolute Gasteiger partial charge is 0.459 e. The van der Waals surface area contributed by atoms with Crippen LogP contribution in [0.2, 0.25) is 0 Å². The summed E-state index contributed by atoms with van der Waals surface area (Å²) >= 11 is 0. The second kappa shape index (κ2) is 6.59. The first-order valence-electron chi connectivity index (χ1n) is 10.7. The molecule has 9 atom stereocenters. The minimum atomic E-state index is -1.95. The SMILES string of the molecule is CC(=O)OC1C2[C@]3(O)CO[C@@H]3C[C@H](O)[C@@]2(C)C(=O)[C@H](O)C2=C(C)[C@@H](O)C[C@]1(O)C2(C)C. The molecule has 0 aromatic rings. The van der Waals surface area contributed by atoms with Crippen molar-refractivity contribution < 1.29 is 44.6 Å². The third-order valence-corrected chi connectivity index (χ3v) is 8.69. The van der Waals surface area contributed by atoms with Crippen LogP contribution in [-0.2, 0) is 19.1 Å². The first kappa shape index (κ1) is 22.8. The molecule has 9 nitrogen and oxygen atoms in total. The number of rotatable bonds is 1. The predicted octanol–water partition coefficient (Wildman–Crippen LogP) is -0.783. The second-order valence-corrected chi connectivity index (χ2v) is 10.5. The Morgan fingerprint density at radius 2 is 1.77 bits per heavy atom. The summed E-state index contributed by atoms with van der Waals surface area (Å²) in [5.41, 5.74) is -6.17. The van der Waals surface area contributed by atoms with Gasteiger partial charge in [0, 0.05) is 31.1 Å². The Balaban J connectivity index is 2.06. The Bertz CT molecular complexity index is 865. The Labute approximate surface area is 180 Å². The number of esters is 1. The van der Waals surface area contributed by atoms with Crippen molar-refractivity contribution in [2.45, 2.75) is 89.2 Å². The minimum absolute atomic E-state index is 0.0444. The lowest BCUT2D eigenvalue weighted by Crippen LogP contribution is -2.81. The fraction of sp³-hybridized carbons (Fsp3) is 0.818. The Hall–Kier alpha value is -1.36. The highest BCUT2D eigenvalue weighted by molar-refractivity contribution is 5.93. The smallest absolute Gasteiger partial charge is 0.303 e. The van der Waals surface area contributed by atoms with E-state index >= 15 is 0 Å².